The summed E-state index contributed by atoms with van der Waals surface area (Å²) in [6.07, 6.45) is 8.58. The molecule has 1 amide bonds. The maximum atomic E-state index is 12.9. The van der Waals surface area contributed by atoms with Crippen LogP contribution in [-0.4, -0.2) is 37.8 Å². The summed E-state index contributed by atoms with van der Waals surface area (Å²) in [4.78, 5) is 12.9. The summed E-state index contributed by atoms with van der Waals surface area (Å²) in [7, 11) is -3.51. The van der Waals surface area contributed by atoms with Crippen LogP contribution < -0.4 is 5.32 Å². The maximum absolute atomic E-state index is 12.9. The molecule has 2 aliphatic rings. The molecular formula is C19H28N2O3S. The lowest BCUT2D eigenvalue weighted by atomic mass is 10.1. The van der Waals surface area contributed by atoms with Crippen LogP contribution in [0.5, 0.6) is 0 Å². The Hall–Kier alpha value is -1.40. The lowest BCUT2D eigenvalue weighted by molar-refractivity contribution is 0.0933. The predicted molar refractivity (Wildman–Crippen MR) is 98.1 cm³/mol. The zero-order valence-electron chi connectivity index (χ0n) is 15.0. The minimum absolute atomic E-state index is 0.162. The first kappa shape index (κ1) is 18.4. The van der Waals surface area contributed by atoms with Gasteiger partial charge in [-0.3, -0.25) is 4.79 Å². The largest absolute Gasteiger partial charge is 0.349 e. The summed E-state index contributed by atoms with van der Waals surface area (Å²) in [5.41, 5.74) is 1.13. The number of nitrogens with zero attached hydrogens (tertiary/aromatic N) is 1. The maximum Gasteiger partial charge on any atom is 0.251 e. The standard InChI is InChI=1S/C19H28N2O3S/c1-15-10-11-16(19(22)20-17-8-4-2-3-5-9-17)14-18(15)25(23,24)21-12-6-7-13-21/h10-11,14,17H,2-9,12-13H2,1H3,(H,20,22). The van der Waals surface area contributed by atoms with Gasteiger partial charge in [0.15, 0.2) is 0 Å². The van der Waals surface area contributed by atoms with Gasteiger partial charge < -0.3 is 5.32 Å². The normalized spacial score (nSPS) is 20.4. The first-order chi connectivity index (χ1) is 12.0. The van der Waals surface area contributed by atoms with Gasteiger partial charge in [0.2, 0.25) is 10.0 Å². The molecule has 1 aliphatic heterocycles. The molecule has 0 radical (unpaired) electrons. The Morgan fingerprint density at radius 3 is 2.32 bits per heavy atom. The van der Waals surface area contributed by atoms with E-state index < -0.39 is 10.0 Å². The van der Waals surface area contributed by atoms with Crippen LogP contribution >= 0.6 is 0 Å². The van der Waals surface area contributed by atoms with Gasteiger partial charge in [0, 0.05) is 24.7 Å². The van der Waals surface area contributed by atoms with Crippen LogP contribution in [0.25, 0.3) is 0 Å². The van der Waals surface area contributed by atoms with Crippen molar-refractivity contribution in [3.05, 3.63) is 29.3 Å². The molecule has 0 bridgehead atoms. The smallest absolute Gasteiger partial charge is 0.251 e. The molecule has 2 fully saturated rings. The third-order valence-corrected chi connectivity index (χ3v) is 7.36. The fourth-order valence-corrected chi connectivity index (χ4v) is 5.55. The molecule has 1 saturated carbocycles. The minimum Gasteiger partial charge on any atom is -0.349 e. The van der Waals surface area contributed by atoms with Crippen molar-refractivity contribution >= 4 is 15.9 Å². The SMILES string of the molecule is Cc1ccc(C(=O)NC2CCCCCC2)cc1S(=O)(=O)N1CCCC1. The number of nitrogens with one attached hydrogen (secondary N) is 1. The summed E-state index contributed by atoms with van der Waals surface area (Å²) < 4.78 is 27.2. The van der Waals surface area contributed by atoms with Crippen LogP contribution in [0.3, 0.4) is 0 Å². The number of hydrogen-bond acceptors (Lipinski definition) is 3. The average molecular weight is 365 g/mol. The number of carbonyl (C=O) groups excluding carboxylic acids is 1. The van der Waals surface area contributed by atoms with Gasteiger partial charge in [-0.1, -0.05) is 31.7 Å². The molecule has 0 aromatic heterocycles. The number of sulfonamides is 1. The van der Waals surface area contributed by atoms with Crippen LogP contribution in [0.1, 0.15) is 67.3 Å². The van der Waals surface area contributed by atoms with E-state index in [1.54, 1.807) is 25.1 Å². The minimum atomic E-state index is -3.51. The highest BCUT2D eigenvalue weighted by molar-refractivity contribution is 7.89. The fourth-order valence-electron chi connectivity index (χ4n) is 3.78. The third-order valence-electron chi connectivity index (χ3n) is 5.32. The highest BCUT2D eigenvalue weighted by atomic mass is 32.2. The number of aryl methyl sites for hydroxylation is 1. The number of carbonyl (C=O) groups is 1. The number of rotatable bonds is 4. The van der Waals surface area contributed by atoms with Crippen molar-refractivity contribution in [1.29, 1.82) is 0 Å². The van der Waals surface area contributed by atoms with E-state index in [1.807, 2.05) is 0 Å². The van der Waals surface area contributed by atoms with Crippen molar-refractivity contribution in [2.24, 2.45) is 0 Å². The van der Waals surface area contributed by atoms with E-state index in [2.05, 4.69) is 5.32 Å². The molecule has 1 saturated heterocycles. The van der Waals surface area contributed by atoms with E-state index in [1.165, 1.54) is 17.1 Å². The summed E-state index contributed by atoms with van der Waals surface area (Å²) in [6, 6.07) is 5.22. The van der Waals surface area contributed by atoms with E-state index >= 15 is 0 Å². The molecule has 138 valence electrons. The monoisotopic (exact) mass is 364 g/mol. The van der Waals surface area contributed by atoms with Gasteiger partial charge in [0.1, 0.15) is 0 Å². The summed E-state index contributed by atoms with van der Waals surface area (Å²) >= 11 is 0. The van der Waals surface area contributed by atoms with E-state index in [0.717, 1.165) is 38.5 Å². The molecule has 1 aliphatic carbocycles. The van der Waals surface area contributed by atoms with Gasteiger partial charge in [0.25, 0.3) is 5.91 Å². The van der Waals surface area contributed by atoms with Gasteiger partial charge in [0.05, 0.1) is 4.90 Å². The third kappa shape index (κ3) is 4.23. The molecule has 5 nitrogen and oxygen atoms in total. The lowest BCUT2D eigenvalue weighted by Crippen LogP contribution is -2.34. The number of hydrogen-bond donors (Lipinski definition) is 1. The summed E-state index contributed by atoms with van der Waals surface area (Å²) in [5.74, 6) is -0.162. The molecule has 0 unspecified atom stereocenters. The van der Waals surface area contributed by atoms with Crippen molar-refractivity contribution in [2.75, 3.05) is 13.1 Å². The second kappa shape index (κ2) is 7.87. The molecule has 1 aromatic carbocycles. The Morgan fingerprint density at radius 2 is 1.68 bits per heavy atom. The Balaban J connectivity index is 1.79. The van der Waals surface area contributed by atoms with Gasteiger partial charge in [-0.2, -0.15) is 4.31 Å². The van der Waals surface area contributed by atoms with Crippen LogP contribution in [-0.2, 0) is 10.0 Å². The zero-order valence-corrected chi connectivity index (χ0v) is 15.8. The first-order valence-electron chi connectivity index (χ1n) is 9.40. The molecule has 1 heterocycles. The second-order valence-electron chi connectivity index (χ2n) is 7.25. The Bertz CT molecular complexity index is 716. The van der Waals surface area contributed by atoms with Crippen LogP contribution in [0.2, 0.25) is 0 Å². The average Bonchev–Trinajstić information content (AvgIpc) is 3.02. The van der Waals surface area contributed by atoms with Gasteiger partial charge in [-0.15, -0.1) is 0 Å². The second-order valence-corrected chi connectivity index (χ2v) is 9.16. The number of benzene rings is 1. The number of amides is 1. The van der Waals surface area contributed by atoms with Gasteiger partial charge in [-0.25, -0.2) is 8.42 Å². The van der Waals surface area contributed by atoms with Crippen molar-refractivity contribution in [3.63, 3.8) is 0 Å². The Labute approximate surface area is 150 Å². The van der Waals surface area contributed by atoms with E-state index in [9.17, 15) is 13.2 Å². The highest BCUT2D eigenvalue weighted by Gasteiger charge is 2.29. The predicted octanol–water partition coefficient (Wildman–Crippen LogP) is 3.23. The van der Waals surface area contributed by atoms with Crippen LogP contribution in [0, 0.1) is 6.92 Å². The van der Waals surface area contributed by atoms with Crippen LogP contribution in [0.4, 0.5) is 0 Å². The summed E-state index contributed by atoms with van der Waals surface area (Å²) in [5, 5.41) is 3.10. The van der Waals surface area contributed by atoms with Gasteiger partial charge in [-0.05, 0) is 50.3 Å². The van der Waals surface area contributed by atoms with E-state index in [-0.39, 0.29) is 16.8 Å². The molecule has 3 rings (SSSR count). The van der Waals surface area contributed by atoms with Crippen molar-refractivity contribution < 1.29 is 13.2 Å². The van der Waals surface area contributed by atoms with E-state index in [0.29, 0.717) is 24.2 Å². The van der Waals surface area contributed by atoms with Crippen molar-refractivity contribution in [2.45, 2.75) is 69.2 Å². The molecule has 1 aromatic rings. The Morgan fingerprint density at radius 1 is 1.04 bits per heavy atom. The first-order valence-corrected chi connectivity index (χ1v) is 10.8. The molecule has 0 spiro atoms. The van der Waals surface area contributed by atoms with E-state index in [4.69, 9.17) is 0 Å². The molecule has 25 heavy (non-hydrogen) atoms. The van der Waals surface area contributed by atoms with Crippen molar-refractivity contribution in [1.82, 2.24) is 9.62 Å². The highest BCUT2D eigenvalue weighted by Crippen LogP contribution is 2.25. The molecule has 6 heteroatoms. The van der Waals surface area contributed by atoms with Gasteiger partial charge >= 0.3 is 0 Å². The quantitative estimate of drug-likeness (QED) is 0.834. The molecule has 0 atom stereocenters. The van der Waals surface area contributed by atoms with Crippen LogP contribution in [0.15, 0.2) is 23.1 Å². The lowest BCUT2D eigenvalue weighted by Gasteiger charge is -2.19. The zero-order chi connectivity index (χ0) is 17.9. The van der Waals surface area contributed by atoms with Crippen molar-refractivity contribution in [3.8, 4) is 0 Å². The summed E-state index contributed by atoms with van der Waals surface area (Å²) in [6.45, 7) is 2.93. The Kier molecular flexibility index (Phi) is 5.79. The topological polar surface area (TPSA) is 66.5 Å². The molecular weight excluding hydrogens is 336 g/mol. The molecule has 1 N–H and O–H groups in total. The fraction of sp³-hybridized carbons (Fsp3) is 0.632.